The number of aliphatic hydroxyl groups excluding tert-OH is 1. The molecule has 2 aliphatic carbocycles. The average molecular weight is 541 g/mol. The number of carbonyl (C=O) groups is 1. The molecule has 0 atom stereocenters. The van der Waals surface area contributed by atoms with Gasteiger partial charge >= 0.3 is 0 Å². The van der Waals surface area contributed by atoms with Crippen LogP contribution in [0.1, 0.15) is 55.3 Å². The van der Waals surface area contributed by atoms with Crippen molar-refractivity contribution in [2.24, 2.45) is 10.8 Å². The van der Waals surface area contributed by atoms with Gasteiger partial charge in [0.25, 0.3) is 5.91 Å². The van der Waals surface area contributed by atoms with Gasteiger partial charge in [-0.2, -0.15) is 0 Å². The predicted octanol–water partition coefficient (Wildman–Crippen LogP) is 5.20. The Morgan fingerprint density at radius 2 is 1.68 bits per heavy atom. The lowest BCUT2D eigenvalue weighted by atomic mass is 9.93. The van der Waals surface area contributed by atoms with Gasteiger partial charge in [-0.1, -0.05) is 0 Å². The second-order valence-corrected chi connectivity index (χ2v) is 12.4. The van der Waals surface area contributed by atoms with Gasteiger partial charge in [0.15, 0.2) is 0 Å². The van der Waals surface area contributed by atoms with Gasteiger partial charge in [-0.25, -0.2) is 4.39 Å². The third-order valence-electron chi connectivity index (χ3n) is 8.91. The minimum atomic E-state index is -0.893. The van der Waals surface area contributed by atoms with Crippen LogP contribution in [0.25, 0.3) is 0 Å². The molecule has 2 saturated carbocycles. The second-order valence-electron chi connectivity index (χ2n) is 11.4. The maximum atomic E-state index is 13.5. The summed E-state index contributed by atoms with van der Waals surface area (Å²) in [4.78, 5) is 19.2. The fourth-order valence-electron chi connectivity index (χ4n) is 6.03. The molecule has 0 bridgehead atoms. The Balaban J connectivity index is 1.23. The molecule has 0 aromatic heterocycles. The van der Waals surface area contributed by atoms with Crippen molar-refractivity contribution in [2.45, 2.75) is 49.8 Å². The van der Waals surface area contributed by atoms with Crippen LogP contribution in [0.4, 0.5) is 21.5 Å². The summed E-state index contributed by atoms with van der Waals surface area (Å²) in [6.45, 7) is 3.50. The van der Waals surface area contributed by atoms with Gasteiger partial charge in [-0.3, -0.25) is 9.52 Å². The smallest absolute Gasteiger partial charge is 0.255 e. The van der Waals surface area contributed by atoms with Crippen LogP contribution >= 0.6 is 11.9 Å². The molecule has 6 rings (SSSR count). The highest BCUT2D eigenvalue weighted by molar-refractivity contribution is 7.97. The maximum Gasteiger partial charge on any atom is 0.255 e. The molecule has 9 heteroatoms. The highest BCUT2D eigenvalue weighted by Gasteiger charge is 2.48. The monoisotopic (exact) mass is 540 g/mol. The van der Waals surface area contributed by atoms with Crippen LogP contribution in [-0.2, 0) is 0 Å². The molecule has 38 heavy (non-hydrogen) atoms. The van der Waals surface area contributed by atoms with Gasteiger partial charge in [-0.05, 0) is 104 Å². The summed E-state index contributed by atoms with van der Waals surface area (Å²) in [6, 6.07) is 11.4. The Kier molecular flexibility index (Phi) is 7.18. The number of hydrogen-bond donors (Lipinski definition) is 3. The first-order valence-electron chi connectivity index (χ1n) is 13.8. The van der Waals surface area contributed by atoms with Crippen LogP contribution in [0.2, 0.25) is 0 Å². The largest absolute Gasteiger partial charge is 0.461 e. The SMILES string of the molecule is O=C(Nc1ccc(SNCCO)cc1N1CCC2(CC1)CC2)c1ccc(OCF)c(N2CCC3(CC3)C2)c1. The Bertz CT molecular complexity index is 1180. The molecule has 3 N–H and O–H groups in total. The van der Waals surface area contributed by atoms with Crippen LogP contribution in [0.15, 0.2) is 41.3 Å². The van der Waals surface area contributed by atoms with E-state index in [0.717, 1.165) is 54.6 Å². The van der Waals surface area contributed by atoms with Gasteiger partial charge in [0.1, 0.15) is 5.75 Å². The number of hydrogen-bond acceptors (Lipinski definition) is 7. The van der Waals surface area contributed by atoms with Crippen molar-refractivity contribution in [3.8, 4) is 5.75 Å². The summed E-state index contributed by atoms with van der Waals surface area (Å²) in [7, 11) is 0. The van der Waals surface area contributed by atoms with Crippen LogP contribution < -0.4 is 24.6 Å². The number of nitrogens with zero attached hydrogens (tertiary/aromatic N) is 2. The summed E-state index contributed by atoms with van der Waals surface area (Å²) in [5.41, 5.74) is 4.11. The molecular formula is C29H37FN4O3S. The Morgan fingerprint density at radius 1 is 0.947 bits per heavy atom. The number of nitrogens with one attached hydrogen (secondary N) is 2. The van der Waals surface area contributed by atoms with Crippen LogP contribution in [-0.4, -0.2) is 57.2 Å². The molecule has 1 amide bonds. The van der Waals surface area contributed by atoms with Gasteiger partial charge in [-0.15, -0.1) is 0 Å². The molecule has 2 spiro atoms. The molecule has 4 fully saturated rings. The first-order chi connectivity index (χ1) is 18.5. The quantitative estimate of drug-likeness (QED) is 0.282. The Hall–Kier alpha value is -2.49. The standard InChI is InChI=1S/C29H37FN4O3S/c30-20-37-26-4-1-21(17-25(26)34-15-11-29(19-34)7-8-29)27(36)32-23-3-2-22(38-31-12-16-35)18-24(23)33-13-9-28(5-6-28)10-14-33/h1-4,17-18,31,35H,5-16,19-20H2,(H,32,36). The first-order valence-corrected chi connectivity index (χ1v) is 14.6. The van der Waals surface area contributed by atoms with Gasteiger partial charge in [0.05, 0.1) is 23.7 Å². The van der Waals surface area contributed by atoms with Crippen molar-refractivity contribution >= 4 is 34.9 Å². The fourth-order valence-corrected chi connectivity index (χ4v) is 6.69. The number of rotatable bonds is 10. The number of amides is 1. The Labute approximate surface area is 228 Å². The summed E-state index contributed by atoms with van der Waals surface area (Å²) in [6.07, 6.45) is 8.69. The number of anilines is 3. The number of alkyl halides is 1. The fraction of sp³-hybridized carbons (Fsp3) is 0.552. The van der Waals surface area contributed by atoms with Gasteiger partial charge < -0.3 is 25.0 Å². The number of carbonyl (C=O) groups excluding carboxylic acids is 1. The van der Waals surface area contributed by atoms with Crippen LogP contribution in [0.3, 0.4) is 0 Å². The minimum absolute atomic E-state index is 0.0811. The molecule has 2 aromatic carbocycles. The Morgan fingerprint density at radius 3 is 2.37 bits per heavy atom. The van der Waals surface area contributed by atoms with E-state index in [1.165, 1.54) is 50.5 Å². The van der Waals surface area contributed by atoms with Gasteiger partial charge in [0, 0.05) is 43.2 Å². The summed E-state index contributed by atoms with van der Waals surface area (Å²) < 4.78 is 21.6. The van der Waals surface area contributed by atoms with Crippen molar-refractivity contribution in [1.82, 2.24) is 4.72 Å². The number of ether oxygens (including phenoxy) is 1. The van der Waals surface area contributed by atoms with E-state index in [4.69, 9.17) is 9.84 Å². The topological polar surface area (TPSA) is 77.1 Å². The van der Waals surface area contributed by atoms with Crippen molar-refractivity contribution in [3.05, 3.63) is 42.0 Å². The van der Waals surface area contributed by atoms with Crippen LogP contribution in [0.5, 0.6) is 5.75 Å². The van der Waals surface area contributed by atoms with E-state index >= 15 is 0 Å². The number of benzene rings is 2. The van der Waals surface area contributed by atoms with E-state index in [1.54, 1.807) is 12.1 Å². The van der Waals surface area contributed by atoms with E-state index in [2.05, 4.69) is 25.9 Å². The number of aliphatic hydroxyl groups is 1. The molecule has 0 unspecified atom stereocenters. The molecule has 204 valence electrons. The predicted molar refractivity (Wildman–Crippen MR) is 150 cm³/mol. The molecule has 2 aromatic rings. The molecule has 2 saturated heterocycles. The maximum absolute atomic E-state index is 13.5. The molecule has 4 aliphatic rings. The molecule has 2 heterocycles. The molecule has 0 radical (unpaired) electrons. The lowest BCUT2D eigenvalue weighted by Crippen LogP contribution is -2.35. The zero-order valence-electron chi connectivity index (χ0n) is 21.8. The summed E-state index contributed by atoms with van der Waals surface area (Å²) in [5, 5.41) is 12.3. The summed E-state index contributed by atoms with van der Waals surface area (Å²) in [5.74, 6) is 0.302. The third kappa shape index (κ3) is 5.46. The van der Waals surface area contributed by atoms with E-state index in [1.807, 2.05) is 18.2 Å². The van der Waals surface area contributed by atoms with Gasteiger partial charge in [0.2, 0.25) is 6.86 Å². The van der Waals surface area contributed by atoms with Crippen molar-refractivity contribution in [1.29, 1.82) is 0 Å². The zero-order chi connectivity index (χ0) is 26.2. The highest BCUT2D eigenvalue weighted by Crippen LogP contribution is 2.55. The first kappa shape index (κ1) is 25.8. The molecule has 7 nitrogen and oxygen atoms in total. The number of piperidine rings is 1. The zero-order valence-corrected chi connectivity index (χ0v) is 22.6. The third-order valence-corrected chi connectivity index (χ3v) is 9.75. The van der Waals surface area contributed by atoms with Crippen molar-refractivity contribution in [2.75, 3.05) is 61.3 Å². The average Bonchev–Trinajstić information content (AvgIpc) is 3.83. The summed E-state index contributed by atoms with van der Waals surface area (Å²) >= 11 is 1.49. The molecular weight excluding hydrogens is 503 g/mol. The lowest BCUT2D eigenvalue weighted by Gasteiger charge is -2.35. The van der Waals surface area contributed by atoms with E-state index < -0.39 is 6.86 Å². The minimum Gasteiger partial charge on any atom is -0.461 e. The van der Waals surface area contributed by atoms with Crippen molar-refractivity contribution in [3.63, 3.8) is 0 Å². The number of halogens is 1. The van der Waals surface area contributed by atoms with Crippen molar-refractivity contribution < 1.29 is 19.0 Å². The van der Waals surface area contributed by atoms with E-state index in [9.17, 15) is 9.18 Å². The van der Waals surface area contributed by atoms with Crippen LogP contribution in [0, 0.1) is 10.8 Å². The van der Waals surface area contributed by atoms with E-state index in [0.29, 0.717) is 28.7 Å². The normalized spacial score (nSPS) is 20.7. The van der Waals surface area contributed by atoms with E-state index in [-0.39, 0.29) is 12.5 Å². The lowest BCUT2D eigenvalue weighted by molar-refractivity contribution is 0.102. The molecule has 2 aliphatic heterocycles. The second kappa shape index (κ2) is 10.6. The highest BCUT2D eigenvalue weighted by atomic mass is 32.2.